The molecule has 98 valence electrons. The van der Waals surface area contributed by atoms with E-state index >= 15 is 0 Å². The summed E-state index contributed by atoms with van der Waals surface area (Å²) in [5.74, 6) is 0. The monoisotopic (exact) mass is 273 g/mol. The number of aryl methyl sites for hydroxylation is 1. The van der Waals surface area contributed by atoms with Crippen LogP contribution in [0.1, 0.15) is 21.5 Å². The third-order valence-electron chi connectivity index (χ3n) is 3.20. The summed E-state index contributed by atoms with van der Waals surface area (Å²) in [6.07, 6.45) is 0.861. The Kier molecular flexibility index (Phi) is 4.23. The molecule has 0 aliphatic heterocycles. The first kappa shape index (κ1) is 13.6. The largest absolute Gasteiger partial charge is 0.370 e. The fraction of sp³-hybridized carbons (Fsp3) is 0.188. The van der Waals surface area contributed by atoms with E-state index in [2.05, 4.69) is 19.1 Å². The lowest BCUT2D eigenvalue weighted by molar-refractivity contribution is 0.112. The van der Waals surface area contributed by atoms with Crippen molar-refractivity contribution in [2.24, 2.45) is 0 Å². The number of aldehydes is 1. The van der Waals surface area contributed by atoms with E-state index in [-0.39, 0.29) is 0 Å². The minimum absolute atomic E-state index is 0.636. The van der Waals surface area contributed by atoms with Gasteiger partial charge in [0.15, 0.2) is 6.29 Å². The van der Waals surface area contributed by atoms with Crippen molar-refractivity contribution in [1.82, 2.24) is 0 Å². The van der Waals surface area contributed by atoms with Crippen molar-refractivity contribution in [3.05, 3.63) is 64.2 Å². The van der Waals surface area contributed by atoms with Crippen LogP contribution < -0.4 is 4.90 Å². The SMILES string of the molecule is Cc1ccccc1CN(C)c1cc(Cl)ccc1C=O. The first-order valence-electron chi connectivity index (χ1n) is 6.12. The number of hydrogen-bond acceptors (Lipinski definition) is 2. The van der Waals surface area contributed by atoms with Gasteiger partial charge in [0.05, 0.1) is 0 Å². The molecule has 2 aromatic rings. The number of carbonyl (C=O) groups is 1. The number of carbonyl (C=O) groups excluding carboxylic acids is 1. The van der Waals surface area contributed by atoms with Crippen LogP contribution in [0.15, 0.2) is 42.5 Å². The second-order valence-electron chi connectivity index (χ2n) is 4.60. The van der Waals surface area contributed by atoms with Crippen LogP contribution in [0.4, 0.5) is 5.69 Å². The second-order valence-corrected chi connectivity index (χ2v) is 5.04. The number of rotatable bonds is 4. The molecule has 2 nitrogen and oxygen atoms in total. The van der Waals surface area contributed by atoms with Gasteiger partial charge in [0.1, 0.15) is 0 Å². The Morgan fingerprint density at radius 3 is 2.63 bits per heavy atom. The predicted molar refractivity (Wildman–Crippen MR) is 80.1 cm³/mol. The first-order valence-corrected chi connectivity index (χ1v) is 6.50. The summed E-state index contributed by atoms with van der Waals surface area (Å²) in [5, 5.41) is 0.636. The molecule has 0 amide bonds. The average molecular weight is 274 g/mol. The summed E-state index contributed by atoms with van der Waals surface area (Å²) >= 11 is 6.01. The van der Waals surface area contributed by atoms with Gasteiger partial charge in [0, 0.05) is 29.9 Å². The van der Waals surface area contributed by atoms with Crippen molar-refractivity contribution >= 4 is 23.6 Å². The van der Waals surface area contributed by atoms with Crippen LogP contribution >= 0.6 is 11.6 Å². The summed E-state index contributed by atoms with van der Waals surface area (Å²) in [7, 11) is 1.96. The molecule has 0 aromatic heterocycles. The maximum Gasteiger partial charge on any atom is 0.152 e. The highest BCUT2D eigenvalue weighted by Crippen LogP contribution is 2.24. The number of hydrogen-bond donors (Lipinski definition) is 0. The first-order chi connectivity index (χ1) is 9.11. The van der Waals surface area contributed by atoms with Gasteiger partial charge < -0.3 is 4.90 Å². The Hall–Kier alpha value is -1.80. The van der Waals surface area contributed by atoms with E-state index < -0.39 is 0 Å². The van der Waals surface area contributed by atoms with Crippen molar-refractivity contribution < 1.29 is 4.79 Å². The van der Waals surface area contributed by atoms with E-state index in [1.807, 2.05) is 30.1 Å². The van der Waals surface area contributed by atoms with Crippen LogP contribution in [0, 0.1) is 6.92 Å². The van der Waals surface area contributed by atoms with Crippen molar-refractivity contribution in [1.29, 1.82) is 0 Å². The number of nitrogens with zero attached hydrogens (tertiary/aromatic N) is 1. The minimum Gasteiger partial charge on any atom is -0.370 e. The van der Waals surface area contributed by atoms with Gasteiger partial charge in [-0.3, -0.25) is 4.79 Å². The molecule has 19 heavy (non-hydrogen) atoms. The Balaban J connectivity index is 2.30. The van der Waals surface area contributed by atoms with Crippen LogP contribution in [0.25, 0.3) is 0 Å². The molecule has 0 N–H and O–H groups in total. The summed E-state index contributed by atoms with van der Waals surface area (Å²) < 4.78 is 0. The minimum atomic E-state index is 0.636. The highest BCUT2D eigenvalue weighted by atomic mass is 35.5. The molecule has 0 unspecified atom stereocenters. The molecule has 0 fully saturated rings. The highest BCUT2D eigenvalue weighted by molar-refractivity contribution is 6.31. The van der Waals surface area contributed by atoms with Crippen molar-refractivity contribution in [3.8, 4) is 0 Å². The van der Waals surface area contributed by atoms with Crippen LogP contribution in [0.3, 0.4) is 0 Å². The molecule has 0 aliphatic carbocycles. The second kappa shape index (κ2) is 5.89. The zero-order valence-electron chi connectivity index (χ0n) is 11.1. The van der Waals surface area contributed by atoms with Gasteiger partial charge in [-0.15, -0.1) is 0 Å². The van der Waals surface area contributed by atoms with Crippen LogP contribution in [0.5, 0.6) is 0 Å². The van der Waals surface area contributed by atoms with E-state index in [0.717, 1.165) is 18.5 Å². The Morgan fingerprint density at radius 1 is 1.21 bits per heavy atom. The van der Waals surface area contributed by atoms with Crippen molar-refractivity contribution in [2.45, 2.75) is 13.5 Å². The lowest BCUT2D eigenvalue weighted by Crippen LogP contribution is -2.18. The number of benzene rings is 2. The third kappa shape index (κ3) is 3.15. The molecule has 0 aliphatic rings. The standard InChI is InChI=1S/C16H16ClNO/c1-12-5-3-4-6-13(12)10-18(2)16-9-15(17)8-7-14(16)11-19/h3-9,11H,10H2,1-2H3. The molecule has 0 saturated carbocycles. The molecular formula is C16H16ClNO. The van der Waals surface area contributed by atoms with Crippen LogP contribution in [-0.2, 0) is 6.54 Å². The summed E-state index contributed by atoms with van der Waals surface area (Å²) in [4.78, 5) is 13.1. The highest BCUT2D eigenvalue weighted by Gasteiger charge is 2.09. The van der Waals surface area contributed by atoms with Gasteiger partial charge in [0.2, 0.25) is 0 Å². The van der Waals surface area contributed by atoms with E-state index in [1.54, 1.807) is 12.1 Å². The Bertz CT molecular complexity index is 595. The zero-order chi connectivity index (χ0) is 13.8. The lowest BCUT2D eigenvalue weighted by Gasteiger charge is -2.22. The maximum atomic E-state index is 11.1. The average Bonchev–Trinajstić information content (AvgIpc) is 2.41. The van der Waals surface area contributed by atoms with E-state index in [4.69, 9.17) is 11.6 Å². The smallest absolute Gasteiger partial charge is 0.152 e. The van der Waals surface area contributed by atoms with Crippen LogP contribution in [-0.4, -0.2) is 13.3 Å². The fourth-order valence-electron chi connectivity index (χ4n) is 2.08. The van der Waals surface area contributed by atoms with Gasteiger partial charge in [-0.05, 0) is 36.2 Å². The maximum absolute atomic E-state index is 11.1. The molecule has 0 spiro atoms. The molecular weight excluding hydrogens is 258 g/mol. The van der Waals surface area contributed by atoms with E-state index in [1.165, 1.54) is 11.1 Å². The van der Waals surface area contributed by atoms with E-state index in [0.29, 0.717) is 10.6 Å². The summed E-state index contributed by atoms with van der Waals surface area (Å²) in [6.45, 7) is 2.83. The molecule has 0 saturated heterocycles. The van der Waals surface area contributed by atoms with Crippen molar-refractivity contribution in [2.75, 3.05) is 11.9 Å². The summed E-state index contributed by atoms with van der Waals surface area (Å²) in [6, 6.07) is 13.5. The normalized spacial score (nSPS) is 10.3. The Labute approximate surface area is 118 Å². The van der Waals surface area contributed by atoms with Crippen LogP contribution in [0.2, 0.25) is 5.02 Å². The molecule has 2 aromatic carbocycles. The Morgan fingerprint density at radius 2 is 1.95 bits per heavy atom. The molecule has 0 radical (unpaired) electrons. The van der Waals surface area contributed by atoms with Gasteiger partial charge >= 0.3 is 0 Å². The van der Waals surface area contributed by atoms with Gasteiger partial charge in [0.25, 0.3) is 0 Å². The van der Waals surface area contributed by atoms with Crippen molar-refractivity contribution in [3.63, 3.8) is 0 Å². The summed E-state index contributed by atoms with van der Waals surface area (Å²) in [5.41, 5.74) is 3.98. The molecule has 0 heterocycles. The third-order valence-corrected chi connectivity index (χ3v) is 3.43. The molecule has 2 rings (SSSR count). The lowest BCUT2D eigenvalue weighted by atomic mass is 10.1. The quantitative estimate of drug-likeness (QED) is 0.782. The molecule has 0 bridgehead atoms. The number of halogens is 1. The topological polar surface area (TPSA) is 20.3 Å². The molecule has 3 heteroatoms. The van der Waals surface area contributed by atoms with Gasteiger partial charge in [-0.1, -0.05) is 35.9 Å². The number of anilines is 1. The fourth-order valence-corrected chi connectivity index (χ4v) is 2.24. The zero-order valence-corrected chi connectivity index (χ0v) is 11.8. The van der Waals surface area contributed by atoms with E-state index in [9.17, 15) is 4.79 Å². The van der Waals surface area contributed by atoms with Gasteiger partial charge in [-0.2, -0.15) is 0 Å². The predicted octanol–water partition coefficient (Wildman–Crippen LogP) is 4.10. The molecule has 0 atom stereocenters. The van der Waals surface area contributed by atoms with Gasteiger partial charge in [-0.25, -0.2) is 0 Å².